The Hall–Kier alpha value is -2.10. The normalized spacial score (nSPS) is 11.2. The number of carbonyl (C=O) groups excluding carboxylic acids is 1. The molecule has 0 spiro atoms. The van der Waals surface area contributed by atoms with Gasteiger partial charge in [-0.2, -0.15) is 8.78 Å². The largest absolute Gasteiger partial charge is 0.306 e. The van der Waals surface area contributed by atoms with Crippen molar-refractivity contribution in [2.24, 2.45) is 0 Å². The summed E-state index contributed by atoms with van der Waals surface area (Å²) in [7, 11) is 0. The molecule has 0 unspecified atom stereocenters. The third-order valence-corrected chi connectivity index (χ3v) is 2.50. The molecule has 0 amide bonds. The minimum atomic E-state index is -3.32. The molecular weight excluding hydrogens is 236 g/mol. The first-order chi connectivity index (χ1) is 8.61. The molecule has 0 saturated heterocycles. The Morgan fingerprint density at radius 2 is 2.00 bits per heavy atom. The van der Waals surface area contributed by atoms with E-state index < -0.39 is 12.3 Å². The van der Waals surface area contributed by atoms with Gasteiger partial charge in [-0.25, -0.2) is 0 Å². The van der Waals surface area contributed by atoms with Crippen LogP contribution in [0.1, 0.15) is 5.56 Å². The van der Waals surface area contributed by atoms with Gasteiger partial charge in [-0.05, 0) is 23.8 Å². The van der Waals surface area contributed by atoms with Crippen molar-refractivity contribution in [3.05, 3.63) is 54.2 Å². The predicted octanol–water partition coefficient (Wildman–Crippen LogP) is 3.13. The van der Waals surface area contributed by atoms with Crippen molar-refractivity contribution in [3.63, 3.8) is 0 Å². The first-order valence-electron chi connectivity index (χ1n) is 5.45. The predicted molar refractivity (Wildman–Crippen MR) is 64.4 cm³/mol. The zero-order valence-electron chi connectivity index (χ0n) is 9.51. The summed E-state index contributed by atoms with van der Waals surface area (Å²) < 4.78 is 26.0. The van der Waals surface area contributed by atoms with Gasteiger partial charge in [0.05, 0.1) is 5.69 Å². The highest BCUT2D eigenvalue weighted by molar-refractivity contribution is 5.62. The standard InChI is InChI=1S/C14H11F2NO/c15-14(16,10-18)9-11-4-3-5-12(8-11)13-6-1-2-7-17-13/h1-8,10H,9H2. The summed E-state index contributed by atoms with van der Waals surface area (Å²) in [5, 5.41) is 0. The van der Waals surface area contributed by atoms with Crippen molar-refractivity contribution >= 4 is 6.29 Å². The fraction of sp³-hybridized carbons (Fsp3) is 0.143. The molecule has 0 atom stereocenters. The molecule has 1 aromatic heterocycles. The fourth-order valence-electron chi connectivity index (χ4n) is 1.69. The Balaban J connectivity index is 2.29. The van der Waals surface area contributed by atoms with E-state index >= 15 is 0 Å². The SMILES string of the molecule is O=CC(F)(F)Cc1cccc(-c2ccccn2)c1. The van der Waals surface area contributed by atoms with Crippen LogP contribution in [0.3, 0.4) is 0 Å². The minimum Gasteiger partial charge on any atom is -0.297 e. The van der Waals surface area contributed by atoms with Crippen molar-refractivity contribution < 1.29 is 13.6 Å². The van der Waals surface area contributed by atoms with Gasteiger partial charge in [0.25, 0.3) is 0 Å². The third kappa shape index (κ3) is 2.97. The van der Waals surface area contributed by atoms with Crippen LogP contribution < -0.4 is 0 Å². The topological polar surface area (TPSA) is 30.0 Å². The number of halogens is 2. The van der Waals surface area contributed by atoms with Crippen molar-refractivity contribution in [3.8, 4) is 11.3 Å². The number of aromatic nitrogens is 1. The molecule has 18 heavy (non-hydrogen) atoms. The number of carbonyl (C=O) groups is 1. The third-order valence-electron chi connectivity index (χ3n) is 2.50. The van der Waals surface area contributed by atoms with Gasteiger partial charge in [0, 0.05) is 18.2 Å². The van der Waals surface area contributed by atoms with Gasteiger partial charge in [-0.1, -0.05) is 24.3 Å². The molecule has 0 aliphatic carbocycles. The summed E-state index contributed by atoms with van der Waals surface area (Å²) in [5.41, 5.74) is 1.89. The smallest absolute Gasteiger partial charge is 0.297 e. The van der Waals surface area contributed by atoms with Gasteiger partial charge < -0.3 is 0 Å². The van der Waals surface area contributed by atoms with Crippen LogP contribution in [0.4, 0.5) is 8.78 Å². The minimum absolute atomic E-state index is 0.319. The van der Waals surface area contributed by atoms with Crippen molar-refractivity contribution in [1.29, 1.82) is 0 Å². The number of nitrogens with zero attached hydrogens (tertiary/aromatic N) is 1. The molecule has 1 aromatic carbocycles. The van der Waals surface area contributed by atoms with Gasteiger partial charge in [0.1, 0.15) is 0 Å². The lowest BCUT2D eigenvalue weighted by Gasteiger charge is -2.09. The molecule has 92 valence electrons. The molecule has 1 heterocycles. The molecule has 0 saturated carbocycles. The number of rotatable bonds is 4. The molecule has 0 fully saturated rings. The second-order valence-corrected chi connectivity index (χ2v) is 3.97. The van der Waals surface area contributed by atoms with Crippen LogP contribution in [0.5, 0.6) is 0 Å². The van der Waals surface area contributed by atoms with E-state index in [0.717, 1.165) is 5.56 Å². The molecule has 0 bridgehead atoms. The van der Waals surface area contributed by atoms with E-state index in [0.29, 0.717) is 11.3 Å². The quantitative estimate of drug-likeness (QED) is 0.777. The van der Waals surface area contributed by atoms with Crippen molar-refractivity contribution in [2.45, 2.75) is 12.3 Å². The highest BCUT2D eigenvalue weighted by atomic mass is 19.3. The molecule has 2 aromatic rings. The lowest BCUT2D eigenvalue weighted by atomic mass is 10.0. The summed E-state index contributed by atoms with van der Waals surface area (Å²) in [6.45, 7) is 0. The maximum atomic E-state index is 13.0. The van der Waals surface area contributed by atoms with E-state index in [-0.39, 0.29) is 6.29 Å². The van der Waals surface area contributed by atoms with Gasteiger partial charge in [0.15, 0.2) is 6.29 Å². The van der Waals surface area contributed by atoms with Gasteiger partial charge in [-0.3, -0.25) is 9.78 Å². The second-order valence-electron chi connectivity index (χ2n) is 3.97. The zero-order valence-corrected chi connectivity index (χ0v) is 9.51. The van der Waals surface area contributed by atoms with Crippen molar-refractivity contribution in [2.75, 3.05) is 0 Å². The average molecular weight is 247 g/mol. The molecule has 2 rings (SSSR count). The van der Waals surface area contributed by atoms with E-state index in [2.05, 4.69) is 4.98 Å². The Morgan fingerprint density at radius 1 is 1.17 bits per heavy atom. The average Bonchev–Trinajstić information content (AvgIpc) is 2.40. The second kappa shape index (κ2) is 5.04. The molecular formula is C14H11F2NO. The summed E-state index contributed by atoms with van der Waals surface area (Å²) in [5.74, 6) is -3.32. The summed E-state index contributed by atoms with van der Waals surface area (Å²) >= 11 is 0. The maximum Gasteiger partial charge on any atom is 0.306 e. The molecule has 0 radical (unpaired) electrons. The van der Waals surface area contributed by atoms with Gasteiger partial charge in [0.2, 0.25) is 0 Å². The van der Waals surface area contributed by atoms with E-state index in [4.69, 9.17) is 0 Å². The maximum absolute atomic E-state index is 13.0. The first-order valence-corrected chi connectivity index (χ1v) is 5.45. The molecule has 2 nitrogen and oxygen atoms in total. The van der Waals surface area contributed by atoms with Gasteiger partial charge >= 0.3 is 5.92 Å². The lowest BCUT2D eigenvalue weighted by Crippen LogP contribution is -2.20. The Kier molecular flexibility index (Phi) is 3.46. The van der Waals surface area contributed by atoms with Gasteiger partial charge in [-0.15, -0.1) is 0 Å². The number of benzene rings is 1. The molecule has 4 heteroatoms. The van der Waals surface area contributed by atoms with Crippen LogP contribution in [0.25, 0.3) is 11.3 Å². The number of pyridine rings is 1. The Labute approximate surface area is 103 Å². The molecule has 0 aliphatic heterocycles. The van der Waals surface area contributed by atoms with E-state index in [1.807, 2.05) is 6.07 Å². The van der Waals surface area contributed by atoms with E-state index in [9.17, 15) is 13.6 Å². The van der Waals surface area contributed by atoms with Crippen molar-refractivity contribution in [1.82, 2.24) is 4.98 Å². The summed E-state index contributed by atoms with van der Waals surface area (Å²) in [6, 6.07) is 12.1. The number of hydrogen-bond donors (Lipinski definition) is 0. The summed E-state index contributed by atoms with van der Waals surface area (Å²) in [6.07, 6.45) is 0.736. The van der Waals surface area contributed by atoms with Crippen LogP contribution in [-0.2, 0) is 11.2 Å². The zero-order chi connectivity index (χ0) is 13.0. The van der Waals surface area contributed by atoms with Crippen LogP contribution in [0, 0.1) is 0 Å². The van der Waals surface area contributed by atoms with E-state index in [1.54, 1.807) is 42.6 Å². The Bertz CT molecular complexity index is 541. The Morgan fingerprint density at radius 3 is 2.67 bits per heavy atom. The summed E-state index contributed by atoms with van der Waals surface area (Å²) in [4.78, 5) is 14.4. The number of alkyl halides is 2. The number of hydrogen-bond acceptors (Lipinski definition) is 2. The van der Waals surface area contributed by atoms with Crippen LogP contribution >= 0.6 is 0 Å². The fourth-order valence-corrected chi connectivity index (χ4v) is 1.69. The van der Waals surface area contributed by atoms with E-state index in [1.165, 1.54) is 0 Å². The van der Waals surface area contributed by atoms with Crippen LogP contribution in [-0.4, -0.2) is 17.2 Å². The monoisotopic (exact) mass is 247 g/mol. The molecule has 0 N–H and O–H groups in total. The highest BCUT2D eigenvalue weighted by Crippen LogP contribution is 2.22. The van der Waals surface area contributed by atoms with Crippen LogP contribution in [0.15, 0.2) is 48.7 Å². The molecule has 0 aliphatic rings. The van der Waals surface area contributed by atoms with Crippen LogP contribution in [0.2, 0.25) is 0 Å². The lowest BCUT2D eigenvalue weighted by molar-refractivity contribution is -0.128. The number of aldehydes is 1. The first kappa shape index (κ1) is 12.4. The highest BCUT2D eigenvalue weighted by Gasteiger charge is 2.28.